The Hall–Kier alpha value is -4.14. The van der Waals surface area contributed by atoms with E-state index in [0.717, 1.165) is 41.6 Å². The third kappa shape index (κ3) is 6.69. The van der Waals surface area contributed by atoms with Gasteiger partial charge in [0.15, 0.2) is 0 Å². The van der Waals surface area contributed by atoms with Crippen LogP contribution in [0, 0.1) is 6.92 Å². The number of carbonyl (C=O) groups is 1. The van der Waals surface area contributed by atoms with E-state index in [4.69, 9.17) is 13.9 Å². The van der Waals surface area contributed by atoms with Crippen LogP contribution in [-0.2, 0) is 17.9 Å². The number of aryl methyl sites for hydroxylation is 2. The number of hydrogen-bond donors (Lipinski definition) is 1. The van der Waals surface area contributed by atoms with E-state index in [1.54, 1.807) is 17.9 Å². The second kappa shape index (κ2) is 11.3. The minimum Gasteiger partial charge on any atom is -0.497 e. The van der Waals surface area contributed by atoms with Gasteiger partial charge in [-0.2, -0.15) is 0 Å². The average Bonchev–Trinajstić information content (AvgIpc) is 3.30. The Morgan fingerprint density at radius 2 is 1.86 bits per heavy atom. The second-order valence-corrected chi connectivity index (χ2v) is 8.26. The maximum Gasteiger partial charge on any atom is 0.336 e. The van der Waals surface area contributed by atoms with E-state index >= 15 is 0 Å². The minimum absolute atomic E-state index is 0.00140. The predicted molar refractivity (Wildman–Crippen MR) is 132 cm³/mol. The summed E-state index contributed by atoms with van der Waals surface area (Å²) in [6.45, 7) is 2.84. The van der Waals surface area contributed by atoms with Gasteiger partial charge in [0.25, 0.3) is 0 Å². The normalized spacial score (nSPS) is 10.9. The van der Waals surface area contributed by atoms with Crippen LogP contribution in [0.3, 0.4) is 0 Å². The first-order valence-corrected chi connectivity index (χ1v) is 11.5. The Kier molecular flexibility index (Phi) is 7.77. The van der Waals surface area contributed by atoms with E-state index in [9.17, 15) is 9.59 Å². The highest BCUT2D eigenvalue weighted by Gasteiger charge is 2.07. The Morgan fingerprint density at radius 3 is 2.66 bits per heavy atom. The Morgan fingerprint density at radius 1 is 1.06 bits per heavy atom. The van der Waals surface area contributed by atoms with Crippen molar-refractivity contribution in [1.82, 2.24) is 15.0 Å². The maximum absolute atomic E-state index is 12.1. The predicted octanol–water partition coefficient (Wildman–Crippen LogP) is 4.48. The number of methoxy groups -OCH3 is 1. The topological polar surface area (TPSA) is 108 Å². The van der Waals surface area contributed by atoms with E-state index in [-0.39, 0.29) is 18.1 Å². The molecule has 0 fully saturated rings. The number of hydrogen-bond acceptors (Lipinski definition) is 7. The van der Waals surface area contributed by atoms with E-state index < -0.39 is 0 Å². The molecule has 0 aliphatic heterocycles. The first-order valence-electron chi connectivity index (χ1n) is 11.5. The number of nitrogens with one attached hydrogen (secondary N) is 1. The summed E-state index contributed by atoms with van der Waals surface area (Å²) in [5.41, 5.74) is 2.44. The van der Waals surface area contributed by atoms with Gasteiger partial charge in [-0.05, 0) is 61.7 Å². The summed E-state index contributed by atoms with van der Waals surface area (Å²) in [5, 5.41) is 12.1. The van der Waals surface area contributed by atoms with Crippen LogP contribution in [-0.4, -0.2) is 28.0 Å². The summed E-state index contributed by atoms with van der Waals surface area (Å²) >= 11 is 0. The van der Waals surface area contributed by atoms with Crippen LogP contribution in [0.25, 0.3) is 11.0 Å². The zero-order chi connectivity index (χ0) is 24.6. The Balaban J connectivity index is 1.16. The molecule has 2 heterocycles. The molecule has 2 aromatic heterocycles. The summed E-state index contributed by atoms with van der Waals surface area (Å²) in [4.78, 5) is 23.7. The molecule has 0 atom stereocenters. The molecule has 0 bridgehead atoms. The molecule has 0 aliphatic rings. The van der Waals surface area contributed by atoms with Crippen molar-refractivity contribution in [3.8, 4) is 11.5 Å². The van der Waals surface area contributed by atoms with Gasteiger partial charge in [-0.1, -0.05) is 11.6 Å². The first-order chi connectivity index (χ1) is 17.0. The molecule has 182 valence electrons. The van der Waals surface area contributed by atoms with E-state index in [1.807, 2.05) is 49.5 Å². The van der Waals surface area contributed by atoms with Crippen molar-refractivity contribution in [2.24, 2.45) is 0 Å². The van der Waals surface area contributed by atoms with Crippen LogP contribution in [0.2, 0.25) is 0 Å². The van der Waals surface area contributed by atoms with Crippen molar-refractivity contribution in [2.45, 2.75) is 45.8 Å². The van der Waals surface area contributed by atoms with Gasteiger partial charge in [0.2, 0.25) is 5.91 Å². The van der Waals surface area contributed by atoms with E-state index in [2.05, 4.69) is 15.6 Å². The highest BCUT2D eigenvalue weighted by Crippen LogP contribution is 2.22. The molecule has 1 amide bonds. The third-order valence-corrected chi connectivity index (χ3v) is 5.56. The number of carbonyl (C=O) groups excluding carboxylic acids is 1. The molecule has 9 heteroatoms. The number of anilines is 1. The Labute approximate surface area is 202 Å². The molecule has 9 nitrogen and oxygen atoms in total. The second-order valence-electron chi connectivity index (χ2n) is 8.26. The van der Waals surface area contributed by atoms with Gasteiger partial charge < -0.3 is 19.2 Å². The van der Waals surface area contributed by atoms with E-state index in [0.29, 0.717) is 30.0 Å². The van der Waals surface area contributed by atoms with Gasteiger partial charge in [-0.25, -0.2) is 4.79 Å². The summed E-state index contributed by atoms with van der Waals surface area (Å²) in [5.74, 6) is 1.34. The molecule has 1 N–H and O–H groups in total. The quantitative estimate of drug-likeness (QED) is 0.251. The fourth-order valence-electron chi connectivity index (χ4n) is 3.70. The number of unbranched alkanes of at least 4 members (excludes halogenated alkanes) is 2. The number of rotatable bonds is 11. The summed E-state index contributed by atoms with van der Waals surface area (Å²) < 4.78 is 17.9. The van der Waals surface area contributed by atoms with Gasteiger partial charge in [0, 0.05) is 36.2 Å². The number of ether oxygens (including phenoxy) is 2. The number of amides is 1. The molecule has 0 spiro atoms. The molecule has 0 saturated carbocycles. The average molecular weight is 477 g/mol. The van der Waals surface area contributed by atoms with Crippen molar-refractivity contribution in [3.05, 3.63) is 76.4 Å². The van der Waals surface area contributed by atoms with Crippen LogP contribution < -0.4 is 20.4 Å². The monoisotopic (exact) mass is 476 g/mol. The lowest BCUT2D eigenvalue weighted by Crippen LogP contribution is -2.11. The number of nitrogens with zero attached hydrogens (tertiary/aromatic N) is 3. The largest absolute Gasteiger partial charge is 0.497 e. The zero-order valence-electron chi connectivity index (χ0n) is 19.8. The summed E-state index contributed by atoms with van der Waals surface area (Å²) in [6.07, 6.45) is 4.91. The molecule has 0 unspecified atom stereocenters. The minimum atomic E-state index is -0.382. The van der Waals surface area contributed by atoms with Crippen LogP contribution in [0.1, 0.15) is 36.9 Å². The molecule has 4 aromatic rings. The fraction of sp³-hybridized carbons (Fsp3) is 0.308. The molecule has 0 saturated heterocycles. The number of aromatic nitrogens is 3. The lowest BCUT2D eigenvalue weighted by atomic mass is 10.1. The molecule has 0 radical (unpaired) electrons. The summed E-state index contributed by atoms with van der Waals surface area (Å²) in [6, 6.07) is 14.2. The third-order valence-electron chi connectivity index (χ3n) is 5.56. The van der Waals surface area contributed by atoms with Crippen molar-refractivity contribution in [1.29, 1.82) is 0 Å². The molecule has 4 rings (SSSR count). The van der Waals surface area contributed by atoms with Gasteiger partial charge in [0.05, 0.1) is 13.3 Å². The number of fused-ring (bicyclic) bond motifs is 1. The molecular weight excluding hydrogens is 448 g/mol. The highest BCUT2D eigenvalue weighted by molar-refractivity contribution is 5.90. The molecular formula is C26H28N4O5. The van der Waals surface area contributed by atoms with Gasteiger partial charge in [-0.15, -0.1) is 5.10 Å². The first kappa shape index (κ1) is 24.0. The standard InChI is InChI=1S/C26H28N4O5/c1-18-14-26(32)35-24-15-22(11-12-23(18)24)34-17-20-16-30(29-28-20)13-5-3-4-6-25(31)27-19-7-9-21(33-2)10-8-19/h7-12,14-16H,3-6,13,17H2,1-2H3,(H,27,31). The summed E-state index contributed by atoms with van der Waals surface area (Å²) in [7, 11) is 1.61. The van der Waals surface area contributed by atoms with Crippen LogP contribution in [0.15, 0.2) is 63.9 Å². The van der Waals surface area contributed by atoms with Gasteiger partial charge in [-0.3, -0.25) is 9.48 Å². The van der Waals surface area contributed by atoms with Crippen molar-refractivity contribution in [2.75, 3.05) is 12.4 Å². The van der Waals surface area contributed by atoms with Crippen LogP contribution >= 0.6 is 0 Å². The lowest BCUT2D eigenvalue weighted by molar-refractivity contribution is -0.116. The van der Waals surface area contributed by atoms with E-state index in [1.165, 1.54) is 6.07 Å². The lowest BCUT2D eigenvalue weighted by Gasteiger charge is -2.06. The highest BCUT2D eigenvalue weighted by atomic mass is 16.5. The van der Waals surface area contributed by atoms with Crippen LogP contribution in [0.4, 0.5) is 5.69 Å². The maximum atomic E-state index is 12.1. The molecule has 35 heavy (non-hydrogen) atoms. The van der Waals surface area contributed by atoms with Crippen LogP contribution in [0.5, 0.6) is 11.5 Å². The smallest absolute Gasteiger partial charge is 0.336 e. The number of benzene rings is 2. The van der Waals surface area contributed by atoms with Gasteiger partial charge in [0.1, 0.15) is 29.4 Å². The van der Waals surface area contributed by atoms with Gasteiger partial charge >= 0.3 is 5.63 Å². The SMILES string of the molecule is COc1ccc(NC(=O)CCCCCn2cc(COc3ccc4c(C)cc(=O)oc4c3)nn2)cc1. The molecule has 2 aromatic carbocycles. The van der Waals surface area contributed by atoms with Crippen molar-refractivity contribution in [3.63, 3.8) is 0 Å². The van der Waals surface area contributed by atoms with Crippen molar-refractivity contribution < 1.29 is 18.7 Å². The van der Waals surface area contributed by atoms with Crippen molar-refractivity contribution >= 4 is 22.6 Å². The zero-order valence-corrected chi connectivity index (χ0v) is 19.8. The fourth-order valence-corrected chi connectivity index (χ4v) is 3.70. The Bertz CT molecular complexity index is 1340. The molecule has 0 aliphatic carbocycles.